The third kappa shape index (κ3) is 5.06. The Balaban J connectivity index is 1.34. The first kappa shape index (κ1) is 22.0. The molecule has 5 rings (SSSR count). The number of pyridine rings is 1. The maximum atomic E-state index is 11.4. The Labute approximate surface area is 200 Å². The minimum atomic E-state index is -0.495. The number of nitrogens with zero attached hydrogens (tertiary/aromatic N) is 3. The predicted octanol–water partition coefficient (Wildman–Crippen LogP) is 4.69. The third-order valence-electron chi connectivity index (χ3n) is 5.19. The van der Waals surface area contributed by atoms with Gasteiger partial charge >= 0.3 is 5.76 Å². The smallest absolute Gasteiger partial charge is 0.417 e. The van der Waals surface area contributed by atoms with Crippen LogP contribution in [0.4, 0.5) is 23.1 Å². The quantitative estimate of drug-likeness (QED) is 0.296. The lowest BCUT2D eigenvalue weighted by molar-refractivity contribution is 0.284. The van der Waals surface area contributed by atoms with Gasteiger partial charge in [-0.3, -0.25) is 9.97 Å². The number of anilines is 4. The molecule has 0 unspecified atom stereocenters. The second-order valence-electron chi connectivity index (χ2n) is 7.72. The number of rotatable bonds is 8. The lowest BCUT2D eigenvalue weighted by Crippen LogP contribution is -2.03. The van der Waals surface area contributed by atoms with E-state index in [9.17, 15) is 4.79 Å². The van der Waals surface area contributed by atoms with E-state index in [1.165, 1.54) is 0 Å². The molecule has 3 N–H and O–H groups in total. The van der Waals surface area contributed by atoms with Crippen LogP contribution in [0.25, 0.3) is 11.1 Å². The summed E-state index contributed by atoms with van der Waals surface area (Å²) in [6, 6.07) is 14.6. The van der Waals surface area contributed by atoms with Crippen LogP contribution in [-0.4, -0.2) is 27.0 Å². The van der Waals surface area contributed by atoms with Gasteiger partial charge in [0.1, 0.15) is 12.4 Å². The van der Waals surface area contributed by atoms with Crippen LogP contribution in [0.3, 0.4) is 0 Å². The number of fused-ring (bicyclic) bond motifs is 1. The summed E-state index contributed by atoms with van der Waals surface area (Å²) in [7, 11) is 1.59. The monoisotopic (exact) mass is 470 g/mol. The number of ether oxygens (including phenoxy) is 2. The van der Waals surface area contributed by atoms with Crippen LogP contribution in [0.2, 0.25) is 0 Å². The summed E-state index contributed by atoms with van der Waals surface area (Å²) >= 11 is 0. The van der Waals surface area contributed by atoms with Gasteiger partial charge in [0.05, 0.1) is 12.6 Å². The number of aromatic amines is 1. The zero-order valence-corrected chi connectivity index (χ0v) is 19.0. The molecule has 5 aromatic rings. The van der Waals surface area contributed by atoms with Gasteiger partial charge in [0.2, 0.25) is 5.95 Å². The molecule has 0 spiro atoms. The minimum absolute atomic E-state index is 0.356. The normalized spacial score (nSPS) is 10.8. The van der Waals surface area contributed by atoms with Gasteiger partial charge in [-0.25, -0.2) is 9.78 Å². The number of methoxy groups -OCH3 is 1. The maximum Gasteiger partial charge on any atom is 0.417 e. The third-order valence-corrected chi connectivity index (χ3v) is 5.19. The molecule has 0 aliphatic heterocycles. The standard InChI is InChI=1S/C25H22N6O4/c1-15-12-27-24(31-23(15)28-17-5-7-20-19(10-17)30-25(32)35-20)29-18-6-8-21(33-2)22(11-18)34-14-16-4-3-9-26-13-16/h3-13H,14H2,1-2H3,(H,30,32)(H2,27,28,29,31). The zero-order valence-electron chi connectivity index (χ0n) is 19.0. The van der Waals surface area contributed by atoms with E-state index in [4.69, 9.17) is 13.9 Å². The first-order chi connectivity index (χ1) is 17.1. The number of aromatic nitrogens is 4. The second-order valence-corrected chi connectivity index (χ2v) is 7.72. The van der Waals surface area contributed by atoms with Crippen LogP contribution in [0.5, 0.6) is 11.5 Å². The van der Waals surface area contributed by atoms with E-state index in [2.05, 4.69) is 30.6 Å². The number of H-pyrrole nitrogens is 1. The molecule has 3 aromatic heterocycles. The SMILES string of the molecule is COc1ccc(Nc2ncc(C)c(Nc3ccc4oc(=O)[nH]c4c3)n2)cc1OCc1cccnc1. The molecule has 0 saturated heterocycles. The molecule has 0 fully saturated rings. The Morgan fingerprint density at radius 1 is 1.03 bits per heavy atom. The van der Waals surface area contributed by atoms with Gasteiger partial charge in [-0.05, 0) is 43.3 Å². The highest BCUT2D eigenvalue weighted by atomic mass is 16.5. The molecule has 0 aliphatic rings. The highest BCUT2D eigenvalue weighted by Gasteiger charge is 2.10. The van der Waals surface area contributed by atoms with Crippen molar-refractivity contribution in [2.75, 3.05) is 17.7 Å². The molecule has 0 radical (unpaired) electrons. The molecule has 0 aliphatic carbocycles. The molecule has 176 valence electrons. The summed E-state index contributed by atoms with van der Waals surface area (Å²) in [5, 5.41) is 6.47. The first-order valence-corrected chi connectivity index (χ1v) is 10.8. The van der Waals surface area contributed by atoms with Crippen LogP contribution in [0.1, 0.15) is 11.1 Å². The van der Waals surface area contributed by atoms with Gasteiger partial charge in [0, 0.05) is 47.2 Å². The fraction of sp³-hybridized carbons (Fsp3) is 0.120. The van der Waals surface area contributed by atoms with Gasteiger partial charge in [-0.2, -0.15) is 4.98 Å². The summed E-state index contributed by atoms with van der Waals surface area (Å²) in [4.78, 5) is 27.2. The van der Waals surface area contributed by atoms with Crippen LogP contribution >= 0.6 is 0 Å². The average molecular weight is 470 g/mol. The fourth-order valence-electron chi connectivity index (χ4n) is 3.44. The first-order valence-electron chi connectivity index (χ1n) is 10.8. The van der Waals surface area contributed by atoms with Crippen molar-refractivity contribution < 1.29 is 13.9 Å². The molecule has 2 aromatic carbocycles. The average Bonchev–Trinajstić information content (AvgIpc) is 3.25. The Morgan fingerprint density at radius 3 is 2.71 bits per heavy atom. The van der Waals surface area contributed by atoms with Gasteiger partial charge in [-0.1, -0.05) is 6.07 Å². The van der Waals surface area contributed by atoms with Gasteiger partial charge in [0.15, 0.2) is 17.1 Å². The lowest BCUT2D eigenvalue weighted by atomic mass is 10.2. The van der Waals surface area contributed by atoms with Crippen molar-refractivity contribution in [2.45, 2.75) is 13.5 Å². The molecule has 10 heteroatoms. The van der Waals surface area contributed by atoms with E-state index in [0.717, 1.165) is 22.5 Å². The minimum Gasteiger partial charge on any atom is -0.493 e. The van der Waals surface area contributed by atoms with Crippen molar-refractivity contribution in [3.05, 3.63) is 88.8 Å². The number of oxazole rings is 1. The fourth-order valence-corrected chi connectivity index (χ4v) is 3.44. The maximum absolute atomic E-state index is 11.4. The highest BCUT2D eigenvalue weighted by molar-refractivity contribution is 5.78. The van der Waals surface area contributed by atoms with Crippen LogP contribution in [0.15, 0.2) is 76.3 Å². The lowest BCUT2D eigenvalue weighted by Gasteiger charge is -2.14. The van der Waals surface area contributed by atoms with Crippen molar-refractivity contribution >= 4 is 34.2 Å². The molecule has 35 heavy (non-hydrogen) atoms. The molecule has 0 bridgehead atoms. The van der Waals surface area contributed by atoms with Crippen molar-refractivity contribution in [1.29, 1.82) is 0 Å². The van der Waals surface area contributed by atoms with E-state index in [1.54, 1.807) is 37.8 Å². The molecular weight excluding hydrogens is 448 g/mol. The summed E-state index contributed by atoms with van der Waals surface area (Å²) in [5.74, 6) is 1.71. The van der Waals surface area contributed by atoms with E-state index < -0.39 is 5.76 Å². The summed E-state index contributed by atoms with van der Waals surface area (Å²) in [5.41, 5.74) is 4.37. The zero-order chi connectivity index (χ0) is 24.2. The van der Waals surface area contributed by atoms with Crippen LogP contribution in [-0.2, 0) is 6.61 Å². The molecule has 0 saturated carbocycles. The molecular formula is C25H22N6O4. The molecule has 0 atom stereocenters. The van der Waals surface area contributed by atoms with Crippen molar-refractivity contribution in [1.82, 2.24) is 19.9 Å². The predicted molar refractivity (Wildman–Crippen MR) is 132 cm³/mol. The van der Waals surface area contributed by atoms with E-state index in [0.29, 0.717) is 41.0 Å². The van der Waals surface area contributed by atoms with Gasteiger partial charge in [0.25, 0.3) is 0 Å². The van der Waals surface area contributed by atoms with Crippen molar-refractivity contribution in [3.8, 4) is 11.5 Å². The van der Waals surface area contributed by atoms with E-state index in [1.807, 2.05) is 43.3 Å². The summed E-state index contributed by atoms with van der Waals surface area (Å²) in [6.07, 6.45) is 5.19. The topological polar surface area (TPSA) is 127 Å². The van der Waals surface area contributed by atoms with E-state index >= 15 is 0 Å². The number of hydrogen-bond donors (Lipinski definition) is 3. The number of hydrogen-bond acceptors (Lipinski definition) is 9. The van der Waals surface area contributed by atoms with Crippen molar-refractivity contribution in [2.24, 2.45) is 0 Å². The molecule has 3 heterocycles. The summed E-state index contributed by atoms with van der Waals surface area (Å²) in [6.45, 7) is 2.26. The molecule has 0 amide bonds. The highest BCUT2D eigenvalue weighted by Crippen LogP contribution is 2.32. The summed E-state index contributed by atoms with van der Waals surface area (Å²) < 4.78 is 16.4. The Hall–Kier alpha value is -4.86. The Morgan fingerprint density at radius 2 is 1.89 bits per heavy atom. The Bertz CT molecular complexity index is 1530. The van der Waals surface area contributed by atoms with E-state index in [-0.39, 0.29) is 0 Å². The number of aryl methyl sites for hydroxylation is 1. The largest absolute Gasteiger partial charge is 0.493 e. The second kappa shape index (κ2) is 9.56. The van der Waals surface area contributed by atoms with Gasteiger partial charge < -0.3 is 24.5 Å². The number of nitrogens with one attached hydrogen (secondary N) is 3. The van der Waals surface area contributed by atoms with Crippen molar-refractivity contribution in [3.63, 3.8) is 0 Å². The number of benzene rings is 2. The Kier molecular flexibility index (Phi) is 6.00. The van der Waals surface area contributed by atoms with Crippen LogP contribution < -0.4 is 25.9 Å². The molecule has 10 nitrogen and oxygen atoms in total. The van der Waals surface area contributed by atoms with Gasteiger partial charge in [-0.15, -0.1) is 0 Å². The van der Waals surface area contributed by atoms with Crippen LogP contribution in [0, 0.1) is 6.92 Å².